The molecule has 1 aliphatic carbocycles. The van der Waals surface area contributed by atoms with E-state index >= 15 is 0 Å². The van der Waals surface area contributed by atoms with Crippen LogP contribution in [-0.2, 0) is 6.42 Å². The van der Waals surface area contributed by atoms with Gasteiger partial charge >= 0.3 is 0 Å². The molecule has 0 saturated heterocycles. The van der Waals surface area contributed by atoms with Crippen molar-refractivity contribution in [3.05, 3.63) is 96.2 Å². The predicted octanol–water partition coefficient (Wildman–Crippen LogP) is 6.53. The molecule has 0 atom stereocenters. The summed E-state index contributed by atoms with van der Waals surface area (Å²) in [5, 5.41) is 2.49. The fourth-order valence-electron chi connectivity index (χ4n) is 3.81. The van der Waals surface area contributed by atoms with E-state index in [9.17, 15) is 0 Å². The van der Waals surface area contributed by atoms with Crippen LogP contribution in [0.25, 0.3) is 39.2 Å². The summed E-state index contributed by atoms with van der Waals surface area (Å²) in [7, 11) is 0. The van der Waals surface area contributed by atoms with E-state index in [-0.39, 0.29) is 0 Å². The number of allylic oxidation sites excluding steroid dienone is 1. The molecule has 0 unspecified atom stereocenters. The maximum atomic E-state index is 4.66. The molecule has 1 heterocycles. The summed E-state index contributed by atoms with van der Waals surface area (Å²) in [5.74, 6) is 0. The van der Waals surface area contributed by atoms with Crippen molar-refractivity contribution in [3.63, 3.8) is 0 Å². The number of hydrogen-bond acceptors (Lipinski definition) is 1. The van der Waals surface area contributed by atoms with Crippen molar-refractivity contribution in [2.75, 3.05) is 0 Å². The number of aromatic nitrogens is 1. The molecule has 1 heteroatoms. The van der Waals surface area contributed by atoms with E-state index in [4.69, 9.17) is 0 Å². The van der Waals surface area contributed by atoms with Gasteiger partial charge in [-0.1, -0.05) is 66.7 Å². The lowest BCUT2D eigenvalue weighted by Gasteiger charge is -2.13. The Morgan fingerprint density at radius 2 is 1.65 bits per heavy atom. The van der Waals surface area contributed by atoms with Gasteiger partial charge in [0.1, 0.15) is 0 Å². The highest BCUT2D eigenvalue weighted by Gasteiger charge is 2.09. The molecular weight excluding hydrogens is 314 g/mol. The lowest BCUT2D eigenvalue weighted by molar-refractivity contribution is 0.986. The lowest BCUT2D eigenvalue weighted by atomic mass is 9.93. The number of aryl methyl sites for hydroxylation is 1. The number of hydrogen-bond donors (Lipinski definition) is 0. The third kappa shape index (κ3) is 2.62. The number of benzene rings is 3. The quantitative estimate of drug-likeness (QED) is 0.406. The molecule has 0 amide bonds. The van der Waals surface area contributed by atoms with Gasteiger partial charge in [-0.2, -0.15) is 0 Å². The second-order valence-corrected chi connectivity index (χ2v) is 6.81. The van der Waals surface area contributed by atoms with Crippen LogP contribution >= 0.6 is 0 Å². The van der Waals surface area contributed by atoms with Crippen molar-refractivity contribution in [1.29, 1.82) is 0 Å². The van der Waals surface area contributed by atoms with Gasteiger partial charge in [0.05, 0.1) is 5.69 Å². The van der Waals surface area contributed by atoms with Crippen molar-refractivity contribution in [3.8, 4) is 22.4 Å². The first kappa shape index (κ1) is 15.1. The van der Waals surface area contributed by atoms with Gasteiger partial charge in [-0.15, -0.1) is 0 Å². The van der Waals surface area contributed by atoms with E-state index in [2.05, 4.69) is 89.9 Å². The van der Waals surface area contributed by atoms with E-state index in [0.717, 1.165) is 18.5 Å². The minimum atomic E-state index is 1.02. The molecule has 26 heavy (non-hydrogen) atoms. The van der Waals surface area contributed by atoms with Crippen LogP contribution in [0.2, 0.25) is 0 Å². The molecular formula is C25H19N. The molecule has 0 spiro atoms. The maximum Gasteiger partial charge on any atom is 0.0714 e. The Hall–Kier alpha value is -3.19. The van der Waals surface area contributed by atoms with Crippen LogP contribution in [-0.4, -0.2) is 4.98 Å². The van der Waals surface area contributed by atoms with E-state index in [1.54, 1.807) is 0 Å². The molecule has 0 N–H and O–H groups in total. The first-order valence-electron chi connectivity index (χ1n) is 9.12. The average molecular weight is 333 g/mol. The van der Waals surface area contributed by atoms with Crippen molar-refractivity contribution in [2.24, 2.45) is 0 Å². The topological polar surface area (TPSA) is 12.9 Å². The standard InChI is InChI=1S/C25H19N/c1-2-8-20-16-21(13-12-18(20)6-1)22-14-15-26-25(17-22)24-11-5-9-19-7-3-4-10-23(19)24/h2-5,7-17H,1,6H2. The third-order valence-corrected chi connectivity index (χ3v) is 5.18. The summed E-state index contributed by atoms with van der Waals surface area (Å²) in [6.45, 7) is 0. The zero-order valence-corrected chi connectivity index (χ0v) is 14.5. The fourth-order valence-corrected chi connectivity index (χ4v) is 3.81. The van der Waals surface area contributed by atoms with Gasteiger partial charge in [0.25, 0.3) is 0 Å². The van der Waals surface area contributed by atoms with Crippen molar-refractivity contribution >= 4 is 16.8 Å². The van der Waals surface area contributed by atoms with Gasteiger partial charge in [0, 0.05) is 11.8 Å². The molecule has 3 aromatic carbocycles. The summed E-state index contributed by atoms with van der Waals surface area (Å²) >= 11 is 0. The lowest BCUT2D eigenvalue weighted by Crippen LogP contribution is -1.94. The normalized spacial score (nSPS) is 12.9. The molecule has 0 bridgehead atoms. The van der Waals surface area contributed by atoms with Gasteiger partial charge < -0.3 is 0 Å². The summed E-state index contributed by atoms with van der Waals surface area (Å²) in [6, 6.07) is 26.0. The molecule has 1 nitrogen and oxygen atoms in total. The van der Waals surface area contributed by atoms with Gasteiger partial charge in [-0.25, -0.2) is 0 Å². The van der Waals surface area contributed by atoms with Crippen LogP contribution in [0.1, 0.15) is 17.5 Å². The largest absolute Gasteiger partial charge is 0.256 e. The maximum absolute atomic E-state index is 4.66. The number of rotatable bonds is 2. The van der Waals surface area contributed by atoms with Gasteiger partial charge in [-0.05, 0) is 64.1 Å². The molecule has 0 fully saturated rings. The Labute approximate surface area is 153 Å². The van der Waals surface area contributed by atoms with Crippen LogP contribution in [0.15, 0.2) is 85.1 Å². The third-order valence-electron chi connectivity index (χ3n) is 5.18. The average Bonchev–Trinajstić information content (AvgIpc) is 2.73. The minimum Gasteiger partial charge on any atom is -0.256 e. The summed E-state index contributed by atoms with van der Waals surface area (Å²) in [5.41, 5.74) is 7.45. The van der Waals surface area contributed by atoms with E-state index < -0.39 is 0 Å². The number of pyridine rings is 1. The van der Waals surface area contributed by atoms with Crippen LogP contribution in [0.4, 0.5) is 0 Å². The predicted molar refractivity (Wildman–Crippen MR) is 110 cm³/mol. The zero-order valence-electron chi connectivity index (χ0n) is 14.5. The zero-order chi connectivity index (χ0) is 17.3. The van der Waals surface area contributed by atoms with Gasteiger partial charge in [0.2, 0.25) is 0 Å². The molecule has 1 aliphatic rings. The highest BCUT2D eigenvalue weighted by atomic mass is 14.7. The first-order valence-corrected chi connectivity index (χ1v) is 9.12. The molecule has 0 aliphatic heterocycles. The smallest absolute Gasteiger partial charge is 0.0714 e. The Morgan fingerprint density at radius 3 is 2.65 bits per heavy atom. The fraction of sp³-hybridized carbons (Fsp3) is 0.0800. The van der Waals surface area contributed by atoms with E-state index in [1.807, 2.05) is 6.20 Å². The monoisotopic (exact) mass is 333 g/mol. The van der Waals surface area contributed by atoms with Crippen molar-refractivity contribution in [1.82, 2.24) is 4.98 Å². The summed E-state index contributed by atoms with van der Waals surface area (Å²) in [4.78, 5) is 4.66. The molecule has 1 aromatic heterocycles. The first-order chi connectivity index (χ1) is 12.9. The highest BCUT2D eigenvalue weighted by molar-refractivity contribution is 5.96. The second kappa shape index (κ2) is 6.27. The Kier molecular flexibility index (Phi) is 3.64. The number of nitrogens with zero attached hydrogens (tertiary/aromatic N) is 1. The molecule has 0 saturated carbocycles. The van der Waals surface area contributed by atoms with Gasteiger partial charge in [0.15, 0.2) is 0 Å². The van der Waals surface area contributed by atoms with Gasteiger partial charge in [-0.3, -0.25) is 4.98 Å². The minimum absolute atomic E-state index is 1.02. The number of fused-ring (bicyclic) bond motifs is 2. The molecule has 4 aromatic rings. The summed E-state index contributed by atoms with van der Waals surface area (Å²) in [6.07, 6.45) is 8.72. The summed E-state index contributed by atoms with van der Waals surface area (Å²) < 4.78 is 0. The van der Waals surface area contributed by atoms with E-state index in [1.165, 1.54) is 38.6 Å². The Bertz CT molecular complexity index is 1130. The molecule has 5 rings (SSSR count). The van der Waals surface area contributed by atoms with Crippen LogP contribution < -0.4 is 0 Å². The SMILES string of the molecule is C1=Cc2cc(-c3ccnc(-c4cccc5ccccc45)c3)ccc2CC1. The Morgan fingerprint density at radius 1 is 0.769 bits per heavy atom. The van der Waals surface area contributed by atoms with Crippen LogP contribution in [0.5, 0.6) is 0 Å². The van der Waals surface area contributed by atoms with Crippen molar-refractivity contribution in [2.45, 2.75) is 12.8 Å². The highest BCUT2D eigenvalue weighted by Crippen LogP contribution is 2.31. The van der Waals surface area contributed by atoms with E-state index in [0.29, 0.717) is 0 Å². The second-order valence-electron chi connectivity index (χ2n) is 6.81. The molecule has 0 radical (unpaired) electrons. The molecule has 124 valence electrons. The van der Waals surface area contributed by atoms with Crippen LogP contribution in [0, 0.1) is 0 Å². The Balaban J connectivity index is 1.63. The van der Waals surface area contributed by atoms with Crippen LogP contribution in [0.3, 0.4) is 0 Å². The van der Waals surface area contributed by atoms with Crippen molar-refractivity contribution < 1.29 is 0 Å².